The highest BCUT2D eigenvalue weighted by Crippen LogP contribution is 2.27. The van der Waals surface area contributed by atoms with Gasteiger partial charge >= 0.3 is 0 Å². The van der Waals surface area contributed by atoms with Gasteiger partial charge in [-0.1, -0.05) is 26.8 Å². The highest BCUT2D eigenvalue weighted by atomic mass is 16.2. The van der Waals surface area contributed by atoms with E-state index in [4.69, 9.17) is 0 Å². The molecule has 0 N–H and O–H groups in total. The Labute approximate surface area is 67.9 Å². The maximum atomic E-state index is 11.0. The summed E-state index contributed by atoms with van der Waals surface area (Å²) in [6, 6.07) is 0.155. The van der Waals surface area contributed by atoms with E-state index < -0.39 is 0 Å². The Morgan fingerprint density at radius 1 is 1.82 bits per heavy atom. The maximum Gasteiger partial charge on any atom is 0.250 e. The van der Waals surface area contributed by atoms with Gasteiger partial charge in [-0.3, -0.25) is 4.79 Å². The molecule has 2 atom stereocenters. The number of hydrogen-bond acceptors (Lipinski definition) is 1. The van der Waals surface area contributed by atoms with Crippen LogP contribution in [0.15, 0.2) is 12.8 Å². The first-order valence-corrected chi connectivity index (χ1v) is 4.15. The molecule has 2 heteroatoms. The number of carbonyl (C=O) groups is 1. The normalized spacial score (nSPS) is 25.1. The third kappa shape index (κ3) is 1.62. The van der Waals surface area contributed by atoms with E-state index in [9.17, 15) is 4.79 Å². The van der Waals surface area contributed by atoms with Crippen LogP contribution in [0.1, 0.15) is 26.7 Å². The Morgan fingerprint density at radius 2 is 2.45 bits per heavy atom. The SMILES string of the molecule is C=CN1C(=O)C1CC(C)CC. The minimum atomic E-state index is 0.155. The highest BCUT2D eigenvalue weighted by molar-refractivity contribution is 5.97. The standard InChI is InChI=1S/C9H15NO/c1-4-7(3)6-8-9(11)10(8)5-2/h5,7-8H,2,4,6H2,1,3H3. The lowest BCUT2D eigenvalue weighted by Crippen LogP contribution is -2.01. The second-order valence-corrected chi connectivity index (χ2v) is 3.19. The zero-order chi connectivity index (χ0) is 8.43. The van der Waals surface area contributed by atoms with Gasteiger partial charge in [0.1, 0.15) is 6.04 Å². The minimum absolute atomic E-state index is 0.155. The maximum absolute atomic E-state index is 11.0. The van der Waals surface area contributed by atoms with Crippen LogP contribution in [0.5, 0.6) is 0 Å². The molecule has 1 aliphatic heterocycles. The summed E-state index contributed by atoms with van der Waals surface area (Å²) in [5.41, 5.74) is 0. The van der Waals surface area contributed by atoms with Crippen molar-refractivity contribution in [3.63, 3.8) is 0 Å². The van der Waals surface area contributed by atoms with Gasteiger partial charge in [0.25, 0.3) is 0 Å². The monoisotopic (exact) mass is 153 g/mol. The molecule has 1 fully saturated rings. The summed E-state index contributed by atoms with van der Waals surface area (Å²) in [6.07, 6.45) is 3.76. The lowest BCUT2D eigenvalue weighted by Gasteiger charge is -2.04. The molecule has 2 nitrogen and oxygen atoms in total. The quantitative estimate of drug-likeness (QED) is 0.564. The van der Waals surface area contributed by atoms with E-state index in [0.29, 0.717) is 5.92 Å². The van der Waals surface area contributed by atoms with Crippen molar-refractivity contribution in [1.82, 2.24) is 4.90 Å². The Hall–Kier alpha value is -0.790. The largest absolute Gasteiger partial charge is 0.305 e. The summed E-state index contributed by atoms with van der Waals surface area (Å²) >= 11 is 0. The van der Waals surface area contributed by atoms with E-state index in [1.54, 1.807) is 11.1 Å². The van der Waals surface area contributed by atoms with Crippen molar-refractivity contribution in [3.05, 3.63) is 12.8 Å². The third-order valence-electron chi connectivity index (χ3n) is 2.33. The molecule has 1 heterocycles. The van der Waals surface area contributed by atoms with Gasteiger partial charge in [0, 0.05) is 6.20 Å². The van der Waals surface area contributed by atoms with Crippen molar-refractivity contribution in [3.8, 4) is 0 Å². The number of hydrogen-bond donors (Lipinski definition) is 0. The van der Waals surface area contributed by atoms with E-state index in [-0.39, 0.29) is 11.9 Å². The van der Waals surface area contributed by atoms with Crippen molar-refractivity contribution in [2.24, 2.45) is 5.92 Å². The molecule has 1 aliphatic rings. The van der Waals surface area contributed by atoms with Crippen LogP contribution in [0.4, 0.5) is 0 Å². The zero-order valence-electron chi connectivity index (χ0n) is 7.21. The molecular formula is C9H15NO. The van der Waals surface area contributed by atoms with Crippen LogP contribution in [0.3, 0.4) is 0 Å². The second-order valence-electron chi connectivity index (χ2n) is 3.19. The molecule has 0 aromatic heterocycles. The molecule has 0 aromatic rings. The topological polar surface area (TPSA) is 20.1 Å². The third-order valence-corrected chi connectivity index (χ3v) is 2.33. The molecule has 11 heavy (non-hydrogen) atoms. The lowest BCUT2D eigenvalue weighted by atomic mass is 10.0. The van der Waals surface area contributed by atoms with E-state index >= 15 is 0 Å². The van der Waals surface area contributed by atoms with Gasteiger partial charge in [-0.05, 0) is 12.3 Å². The number of rotatable bonds is 4. The van der Waals surface area contributed by atoms with Crippen LogP contribution < -0.4 is 0 Å². The van der Waals surface area contributed by atoms with Crippen LogP contribution in [-0.2, 0) is 4.79 Å². The molecule has 0 spiro atoms. The lowest BCUT2D eigenvalue weighted by molar-refractivity contribution is -0.113. The Balaban J connectivity index is 2.30. The first kappa shape index (κ1) is 8.31. The molecule has 0 aliphatic carbocycles. The number of nitrogens with zero attached hydrogens (tertiary/aromatic N) is 1. The summed E-state index contributed by atoms with van der Waals surface area (Å²) in [5, 5.41) is 0. The van der Waals surface area contributed by atoms with Gasteiger partial charge in [-0.2, -0.15) is 0 Å². The molecule has 0 aromatic carbocycles. The fourth-order valence-corrected chi connectivity index (χ4v) is 1.21. The molecule has 1 amide bonds. The fraction of sp³-hybridized carbons (Fsp3) is 0.667. The van der Waals surface area contributed by atoms with Crippen LogP contribution in [0, 0.1) is 5.92 Å². The van der Waals surface area contributed by atoms with Crippen LogP contribution in [-0.4, -0.2) is 16.8 Å². The predicted octanol–water partition coefficient (Wildman–Crippen LogP) is 1.78. The average Bonchev–Trinajstić information content (AvgIpc) is 2.61. The van der Waals surface area contributed by atoms with Crippen molar-refractivity contribution in [1.29, 1.82) is 0 Å². The van der Waals surface area contributed by atoms with Crippen LogP contribution >= 0.6 is 0 Å². The van der Waals surface area contributed by atoms with Crippen molar-refractivity contribution < 1.29 is 4.79 Å². The summed E-state index contributed by atoms with van der Waals surface area (Å²) in [5.74, 6) is 0.884. The zero-order valence-corrected chi connectivity index (χ0v) is 7.21. The minimum Gasteiger partial charge on any atom is -0.305 e. The number of amides is 1. The van der Waals surface area contributed by atoms with Crippen molar-refractivity contribution in [2.45, 2.75) is 32.7 Å². The van der Waals surface area contributed by atoms with E-state index in [1.165, 1.54) is 0 Å². The second kappa shape index (κ2) is 3.07. The first-order valence-electron chi connectivity index (χ1n) is 4.15. The molecule has 62 valence electrons. The van der Waals surface area contributed by atoms with Crippen LogP contribution in [0.25, 0.3) is 0 Å². The molecule has 0 saturated carbocycles. The van der Waals surface area contributed by atoms with Gasteiger partial charge in [0.2, 0.25) is 5.91 Å². The van der Waals surface area contributed by atoms with Gasteiger partial charge in [-0.25, -0.2) is 0 Å². The molecule has 1 saturated heterocycles. The Bertz CT molecular complexity index is 176. The summed E-state index contributed by atoms with van der Waals surface area (Å²) in [6.45, 7) is 7.88. The van der Waals surface area contributed by atoms with Gasteiger partial charge in [0.05, 0.1) is 0 Å². The molecule has 0 radical (unpaired) electrons. The Morgan fingerprint density at radius 3 is 2.82 bits per heavy atom. The summed E-state index contributed by atoms with van der Waals surface area (Å²) in [4.78, 5) is 12.7. The summed E-state index contributed by atoms with van der Waals surface area (Å²) < 4.78 is 0. The summed E-state index contributed by atoms with van der Waals surface area (Å²) in [7, 11) is 0. The number of carbonyl (C=O) groups excluding carboxylic acids is 1. The smallest absolute Gasteiger partial charge is 0.250 e. The van der Waals surface area contributed by atoms with Gasteiger partial charge < -0.3 is 4.90 Å². The van der Waals surface area contributed by atoms with Crippen molar-refractivity contribution in [2.75, 3.05) is 0 Å². The first-order chi connectivity index (χ1) is 5.20. The molecular weight excluding hydrogens is 138 g/mol. The van der Waals surface area contributed by atoms with Crippen LogP contribution in [0.2, 0.25) is 0 Å². The van der Waals surface area contributed by atoms with E-state index in [1.807, 2.05) is 0 Å². The van der Waals surface area contributed by atoms with Gasteiger partial charge in [0.15, 0.2) is 0 Å². The van der Waals surface area contributed by atoms with E-state index in [2.05, 4.69) is 20.4 Å². The molecule has 0 bridgehead atoms. The highest BCUT2D eigenvalue weighted by Gasteiger charge is 2.43. The Kier molecular flexibility index (Phi) is 2.32. The van der Waals surface area contributed by atoms with Gasteiger partial charge in [-0.15, -0.1) is 0 Å². The average molecular weight is 153 g/mol. The molecule has 2 unspecified atom stereocenters. The van der Waals surface area contributed by atoms with Crippen molar-refractivity contribution >= 4 is 5.91 Å². The predicted molar refractivity (Wildman–Crippen MR) is 44.9 cm³/mol. The fourth-order valence-electron chi connectivity index (χ4n) is 1.21. The van der Waals surface area contributed by atoms with E-state index in [0.717, 1.165) is 12.8 Å². The molecule has 1 rings (SSSR count).